The highest BCUT2D eigenvalue weighted by Crippen LogP contribution is 2.07. The van der Waals surface area contributed by atoms with Crippen molar-refractivity contribution >= 4 is 17.9 Å². The maximum Gasteiger partial charge on any atom is 0.407 e. The molecule has 0 aromatic carbocycles. The molecule has 5 heteroatoms. The normalized spacial score (nSPS) is 11.5. The Morgan fingerprint density at radius 2 is 2.26 bits per heavy atom. The van der Waals surface area contributed by atoms with E-state index in [1.807, 2.05) is 32.9 Å². The van der Waals surface area contributed by atoms with Gasteiger partial charge in [0.05, 0.1) is 5.69 Å². The molecule has 0 radical (unpaired) electrons. The number of alkyl carbamates (subject to hydrolysis) is 1. The van der Waals surface area contributed by atoms with Crippen molar-refractivity contribution in [2.45, 2.75) is 32.8 Å². The Balaban J connectivity index is 2.26. The summed E-state index contributed by atoms with van der Waals surface area (Å²) < 4.78 is 5.12. The number of amides is 1. The number of carbonyl (C=O) groups excluding carboxylic acids is 1. The number of rotatable bonds is 4. The molecule has 0 saturated heterocycles. The topological polar surface area (TPSA) is 77.2 Å². The van der Waals surface area contributed by atoms with Crippen LogP contribution in [0.25, 0.3) is 6.08 Å². The summed E-state index contributed by atoms with van der Waals surface area (Å²) in [6.07, 6.45) is 5.76. The van der Waals surface area contributed by atoms with Crippen LogP contribution in [0.3, 0.4) is 0 Å². The van der Waals surface area contributed by atoms with Gasteiger partial charge in [-0.05, 0) is 45.4 Å². The van der Waals surface area contributed by atoms with Crippen LogP contribution in [0.4, 0.5) is 10.5 Å². The number of carbonyl (C=O) groups is 1. The second kappa shape index (κ2) is 6.78. The summed E-state index contributed by atoms with van der Waals surface area (Å²) in [7, 11) is 0. The van der Waals surface area contributed by atoms with Crippen molar-refractivity contribution in [1.82, 2.24) is 10.3 Å². The Kier molecular flexibility index (Phi) is 5.36. The largest absolute Gasteiger partial charge is 0.444 e. The van der Waals surface area contributed by atoms with Crippen molar-refractivity contribution < 1.29 is 9.53 Å². The Morgan fingerprint density at radius 3 is 2.89 bits per heavy atom. The molecular weight excluding hydrogens is 242 g/mol. The minimum absolute atomic E-state index is 0.400. The lowest BCUT2D eigenvalue weighted by Gasteiger charge is -2.19. The van der Waals surface area contributed by atoms with Crippen LogP contribution in [0, 0.1) is 0 Å². The summed E-state index contributed by atoms with van der Waals surface area (Å²) in [6.45, 7) is 6.02. The monoisotopic (exact) mass is 263 g/mol. The van der Waals surface area contributed by atoms with Gasteiger partial charge in [-0.3, -0.25) is 4.98 Å². The van der Waals surface area contributed by atoms with E-state index >= 15 is 0 Å². The summed E-state index contributed by atoms with van der Waals surface area (Å²) in [5, 5.41) is 2.68. The minimum Gasteiger partial charge on any atom is -0.444 e. The van der Waals surface area contributed by atoms with Gasteiger partial charge in [-0.2, -0.15) is 0 Å². The number of pyridine rings is 1. The van der Waals surface area contributed by atoms with E-state index in [1.165, 1.54) is 0 Å². The van der Waals surface area contributed by atoms with Crippen LogP contribution in [0.1, 0.15) is 32.9 Å². The molecule has 0 bridgehead atoms. The van der Waals surface area contributed by atoms with Crippen LogP contribution in [-0.4, -0.2) is 23.2 Å². The molecule has 0 saturated carbocycles. The first-order chi connectivity index (χ1) is 8.87. The molecule has 0 aliphatic rings. The van der Waals surface area contributed by atoms with Crippen molar-refractivity contribution in [1.29, 1.82) is 0 Å². The fourth-order valence-electron chi connectivity index (χ4n) is 1.33. The SMILES string of the molecule is CC(C)(C)OC(=O)NCCC=Cc1cc(N)ccn1. The lowest BCUT2D eigenvalue weighted by atomic mass is 10.2. The molecule has 1 heterocycles. The van der Waals surface area contributed by atoms with E-state index in [9.17, 15) is 4.79 Å². The van der Waals surface area contributed by atoms with Crippen LogP contribution < -0.4 is 11.1 Å². The zero-order valence-electron chi connectivity index (χ0n) is 11.6. The first kappa shape index (κ1) is 15.0. The average molecular weight is 263 g/mol. The molecule has 19 heavy (non-hydrogen) atoms. The zero-order chi connectivity index (χ0) is 14.3. The lowest BCUT2D eigenvalue weighted by molar-refractivity contribution is 0.0529. The molecular formula is C14H21N3O2. The van der Waals surface area contributed by atoms with Gasteiger partial charge < -0.3 is 15.8 Å². The molecule has 3 N–H and O–H groups in total. The molecule has 0 aliphatic carbocycles. The summed E-state index contributed by atoms with van der Waals surface area (Å²) in [6, 6.07) is 3.53. The summed E-state index contributed by atoms with van der Waals surface area (Å²) in [4.78, 5) is 15.5. The quantitative estimate of drug-likeness (QED) is 0.818. The van der Waals surface area contributed by atoms with Crippen LogP contribution in [-0.2, 0) is 4.74 Å². The first-order valence-corrected chi connectivity index (χ1v) is 6.22. The predicted molar refractivity (Wildman–Crippen MR) is 76.5 cm³/mol. The maximum atomic E-state index is 11.4. The highest BCUT2D eigenvalue weighted by atomic mass is 16.6. The fraction of sp³-hybridized carbons (Fsp3) is 0.429. The number of nitrogens with zero attached hydrogens (tertiary/aromatic N) is 1. The zero-order valence-corrected chi connectivity index (χ0v) is 11.6. The minimum atomic E-state index is -0.467. The Labute approximate surface area is 113 Å². The van der Waals surface area contributed by atoms with Gasteiger partial charge in [-0.1, -0.05) is 6.08 Å². The highest BCUT2D eigenvalue weighted by molar-refractivity contribution is 5.67. The first-order valence-electron chi connectivity index (χ1n) is 6.22. The van der Waals surface area contributed by atoms with E-state index in [-0.39, 0.29) is 0 Å². The number of aromatic nitrogens is 1. The number of nitrogens with two attached hydrogens (primary N) is 1. The van der Waals surface area contributed by atoms with Gasteiger partial charge in [0, 0.05) is 18.4 Å². The van der Waals surface area contributed by atoms with Gasteiger partial charge in [0.1, 0.15) is 5.60 Å². The smallest absolute Gasteiger partial charge is 0.407 e. The Hall–Kier alpha value is -2.04. The maximum absolute atomic E-state index is 11.4. The van der Waals surface area contributed by atoms with Crippen molar-refractivity contribution in [3.8, 4) is 0 Å². The van der Waals surface area contributed by atoms with Gasteiger partial charge in [0.15, 0.2) is 0 Å². The van der Waals surface area contributed by atoms with Crippen molar-refractivity contribution in [2.24, 2.45) is 0 Å². The van der Waals surface area contributed by atoms with Crippen LogP contribution in [0.2, 0.25) is 0 Å². The summed E-state index contributed by atoms with van der Waals surface area (Å²) >= 11 is 0. The molecule has 104 valence electrons. The Bertz CT molecular complexity index is 450. The van der Waals surface area contributed by atoms with E-state index in [4.69, 9.17) is 10.5 Å². The van der Waals surface area contributed by atoms with Crippen molar-refractivity contribution in [3.05, 3.63) is 30.1 Å². The molecule has 1 aromatic heterocycles. The van der Waals surface area contributed by atoms with Crippen molar-refractivity contribution in [2.75, 3.05) is 12.3 Å². The number of anilines is 1. The third kappa shape index (κ3) is 7.08. The molecule has 0 fully saturated rings. The third-order valence-corrected chi connectivity index (χ3v) is 2.07. The van der Waals surface area contributed by atoms with Crippen LogP contribution in [0.15, 0.2) is 24.4 Å². The molecule has 1 rings (SSSR count). The Morgan fingerprint density at radius 1 is 1.53 bits per heavy atom. The number of hydrogen-bond acceptors (Lipinski definition) is 4. The van der Waals surface area contributed by atoms with E-state index in [1.54, 1.807) is 18.3 Å². The molecule has 0 spiro atoms. The molecule has 5 nitrogen and oxygen atoms in total. The molecule has 0 unspecified atom stereocenters. The summed E-state index contributed by atoms with van der Waals surface area (Å²) in [5.41, 5.74) is 6.66. The van der Waals surface area contributed by atoms with Gasteiger partial charge >= 0.3 is 6.09 Å². The van der Waals surface area contributed by atoms with Crippen molar-refractivity contribution in [3.63, 3.8) is 0 Å². The van der Waals surface area contributed by atoms with Gasteiger partial charge in [0.25, 0.3) is 0 Å². The molecule has 1 amide bonds. The molecule has 0 aliphatic heterocycles. The molecule has 0 atom stereocenters. The highest BCUT2D eigenvalue weighted by Gasteiger charge is 2.14. The van der Waals surface area contributed by atoms with Gasteiger partial charge in [-0.15, -0.1) is 0 Å². The van der Waals surface area contributed by atoms with E-state index in [0.717, 1.165) is 5.69 Å². The average Bonchev–Trinajstić information content (AvgIpc) is 2.26. The second-order valence-corrected chi connectivity index (χ2v) is 5.13. The fourth-order valence-corrected chi connectivity index (χ4v) is 1.33. The standard InChI is InChI=1S/C14H21N3O2/c1-14(2,3)19-13(18)17-8-5-4-6-12-10-11(15)7-9-16-12/h4,6-7,9-10H,5,8H2,1-3H3,(H2,15,16)(H,17,18). The predicted octanol–water partition coefficient (Wildman–Crippen LogP) is 2.59. The van der Waals surface area contributed by atoms with Gasteiger partial charge in [0.2, 0.25) is 0 Å². The lowest BCUT2D eigenvalue weighted by Crippen LogP contribution is -2.32. The number of ether oxygens (including phenoxy) is 1. The molecule has 1 aromatic rings. The van der Waals surface area contributed by atoms with E-state index in [0.29, 0.717) is 18.7 Å². The van der Waals surface area contributed by atoms with E-state index in [2.05, 4.69) is 10.3 Å². The number of hydrogen-bond donors (Lipinski definition) is 2. The second-order valence-electron chi connectivity index (χ2n) is 5.13. The number of nitrogens with one attached hydrogen (secondary N) is 1. The van der Waals surface area contributed by atoms with Crippen LogP contribution >= 0.6 is 0 Å². The number of nitrogen functional groups attached to an aromatic ring is 1. The summed E-state index contributed by atoms with van der Waals surface area (Å²) in [5.74, 6) is 0. The van der Waals surface area contributed by atoms with E-state index < -0.39 is 11.7 Å². The van der Waals surface area contributed by atoms with Crippen LogP contribution in [0.5, 0.6) is 0 Å². The third-order valence-electron chi connectivity index (χ3n) is 2.07. The van der Waals surface area contributed by atoms with Gasteiger partial charge in [-0.25, -0.2) is 4.79 Å².